The molecule has 0 aliphatic heterocycles. The normalized spacial score (nSPS) is 28.5. The minimum atomic E-state index is -0.266. The molecule has 0 aromatic heterocycles. The molecule has 8 rings (SSSR count). The molecule has 48 heavy (non-hydrogen) atoms. The zero-order valence-corrected chi connectivity index (χ0v) is 29.8. The second-order valence-electron chi connectivity index (χ2n) is 15.3. The number of fused-ring (bicyclic) bond motifs is 1. The van der Waals surface area contributed by atoms with Gasteiger partial charge in [-0.3, -0.25) is 9.59 Å². The predicted molar refractivity (Wildman–Crippen MR) is 199 cm³/mol. The van der Waals surface area contributed by atoms with Crippen LogP contribution in [0.3, 0.4) is 0 Å². The van der Waals surface area contributed by atoms with Crippen molar-refractivity contribution in [2.45, 2.75) is 90.2 Å². The average molecular weight is 673 g/mol. The lowest BCUT2D eigenvalue weighted by Crippen LogP contribution is -2.40. The van der Waals surface area contributed by atoms with Gasteiger partial charge in [0.2, 0.25) is 0 Å². The van der Waals surface area contributed by atoms with Crippen molar-refractivity contribution in [1.82, 2.24) is 0 Å². The van der Waals surface area contributed by atoms with Crippen LogP contribution >= 0.6 is 0 Å². The van der Waals surface area contributed by atoms with E-state index >= 15 is 0 Å². The summed E-state index contributed by atoms with van der Waals surface area (Å²) < 4.78 is 0. The van der Waals surface area contributed by atoms with Crippen LogP contribution in [0.2, 0.25) is 0 Å². The molecule has 2 bridgehead atoms. The number of carbonyl (C=O) groups excluding carboxylic acids is 2. The lowest BCUT2D eigenvalue weighted by atomic mass is 9.64. The number of Topliss-reactive ketones (excluding diaryl/α,β-unsaturated/α-hetero) is 2. The highest BCUT2D eigenvalue weighted by Crippen LogP contribution is 2.82. The molecule has 4 aromatic rings. The summed E-state index contributed by atoms with van der Waals surface area (Å²) in [4.78, 5) is 33.4. The van der Waals surface area contributed by atoms with Crippen LogP contribution in [0.4, 0.5) is 0 Å². The molecular formula is C44H48O2S2+2. The monoisotopic (exact) mass is 672 g/mol. The van der Waals surface area contributed by atoms with E-state index in [1.165, 1.54) is 50.8 Å². The van der Waals surface area contributed by atoms with E-state index in [4.69, 9.17) is 0 Å². The van der Waals surface area contributed by atoms with Crippen LogP contribution in [0.5, 0.6) is 0 Å². The first-order valence-corrected chi connectivity index (χ1v) is 21.0. The van der Waals surface area contributed by atoms with Gasteiger partial charge in [0.1, 0.15) is 0 Å². The van der Waals surface area contributed by atoms with E-state index in [1.807, 2.05) is 0 Å². The molecule has 4 saturated carbocycles. The molecule has 6 atom stereocenters. The second kappa shape index (κ2) is 13.3. The first-order valence-electron chi connectivity index (χ1n) is 18.2. The van der Waals surface area contributed by atoms with Crippen molar-refractivity contribution in [1.29, 1.82) is 0 Å². The van der Waals surface area contributed by atoms with Gasteiger partial charge in [0.05, 0.1) is 21.8 Å². The highest BCUT2D eigenvalue weighted by atomic mass is 32.2. The highest BCUT2D eigenvalue weighted by molar-refractivity contribution is 7.98. The van der Waals surface area contributed by atoms with Gasteiger partial charge in [0.25, 0.3) is 0 Å². The summed E-state index contributed by atoms with van der Waals surface area (Å²) in [5.74, 6) is 4.09. The molecule has 6 unspecified atom stereocenters. The first kappa shape index (κ1) is 32.1. The quantitative estimate of drug-likeness (QED) is 0.149. The number of carbonyl (C=O) groups is 2. The first-order chi connectivity index (χ1) is 23.5. The molecule has 0 heterocycles. The zero-order valence-electron chi connectivity index (χ0n) is 28.2. The molecule has 246 valence electrons. The third kappa shape index (κ3) is 6.02. The van der Waals surface area contributed by atoms with E-state index in [-0.39, 0.29) is 38.5 Å². The fourth-order valence-corrected chi connectivity index (χ4v) is 14.5. The van der Waals surface area contributed by atoms with Crippen molar-refractivity contribution in [3.8, 4) is 0 Å². The largest absolute Gasteiger partial charge is 0.294 e. The molecule has 0 amide bonds. The van der Waals surface area contributed by atoms with Gasteiger partial charge in [-0.25, -0.2) is 0 Å². The SMILES string of the molecule is CC1CC2(C(=O)C[S+](c3ccccc3)c3ccccc3)CC3C(c4cccc([S+](CC(=O)C5CCCCC5)c5ccccc5)c4)C3(C1)C2. The van der Waals surface area contributed by atoms with Gasteiger partial charge < -0.3 is 0 Å². The van der Waals surface area contributed by atoms with Gasteiger partial charge in [-0.15, -0.1) is 0 Å². The van der Waals surface area contributed by atoms with Crippen LogP contribution in [0.25, 0.3) is 0 Å². The minimum absolute atomic E-state index is 0.188. The van der Waals surface area contributed by atoms with Crippen LogP contribution in [-0.4, -0.2) is 23.1 Å². The number of hydrogen-bond donors (Lipinski definition) is 0. The topological polar surface area (TPSA) is 34.1 Å². The Balaban J connectivity index is 1.04. The van der Waals surface area contributed by atoms with Crippen molar-refractivity contribution < 1.29 is 9.59 Å². The molecule has 4 aliphatic rings. The Kier molecular flexibility index (Phi) is 8.92. The molecule has 4 heteroatoms. The molecule has 0 N–H and O–H groups in total. The van der Waals surface area contributed by atoms with Crippen LogP contribution < -0.4 is 0 Å². The summed E-state index contributed by atoms with van der Waals surface area (Å²) in [6.07, 6.45) is 10.1. The standard InChI is InChI=1S/C44H48O2S2/c1-32-26-43(41(46)30-48(36-20-10-4-11-21-36)37-22-12-5-13-23-37)28-39-42(44(39,27-32)31-43)34-17-14-24-38(25-34)47(35-18-8-3-9-19-35)29-40(45)33-15-6-2-7-16-33/h3-5,8-14,17-25,32-33,39,42H,2,6-7,15-16,26-31H2,1H3/q+2. The van der Waals surface area contributed by atoms with E-state index in [9.17, 15) is 9.59 Å². The Morgan fingerprint density at radius 3 is 1.81 bits per heavy atom. The second-order valence-corrected chi connectivity index (χ2v) is 19.3. The molecule has 0 saturated heterocycles. The van der Waals surface area contributed by atoms with Gasteiger partial charge in [-0.1, -0.05) is 92.9 Å². The number of ketones is 2. The maximum Gasteiger partial charge on any atom is 0.188 e. The van der Waals surface area contributed by atoms with Crippen molar-refractivity contribution >= 4 is 33.4 Å². The van der Waals surface area contributed by atoms with Gasteiger partial charge in [0.15, 0.2) is 42.7 Å². The van der Waals surface area contributed by atoms with Gasteiger partial charge in [0, 0.05) is 11.3 Å². The lowest BCUT2D eigenvalue weighted by molar-refractivity contribution is -0.129. The molecular weight excluding hydrogens is 625 g/mol. The molecule has 4 aliphatic carbocycles. The third-order valence-electron chi connectivity index (χ3n) is 12.2. The van der Waals surface area contributed by atoms with E-state index in [1.54, 1.807) is 0 Å². The Hall–Kier alpha value is -3.08. The average Bonchev–Trinajstić information content (AvgIpc) is 3.61. The van der Waals surface area contributed by atoms with Gasteiger partial charge in [-0.05, 0) is 116 Å². The molecule has 1 spiro atoms. The van der Waals surface area contributed by atoms with Gasteiger partial charge in [-0.2, -0.15) is 0 Å². The van der Waals surface area contributed by atoms with Crippen LogP contribution in [-0.2, 0) is 31.4 Å². The highest BCUT2D eigenvalue weighted by Gasteiger charge is 2.76. The Morgan fingerprint density at radius 2 is 1.21 bits per heavy atom. The maximum absolute atomic E-state index is 14.6. The smallest absolute Gasteiger partial charge is 0.188 e. The number of rotatable bonds is 11. The molecule has 0 radical (unpaired) electrons. The Labute approximate surface area is 292 Å². The van der Waals surface area contributed by atoms with Crippen LogP contribution in [0.1, 0.15) is 76.2 Å². The summed E-state index contributed by atoms with van der Waals surface area (Å²) in [5.41, 5.74) is 1.50. The Bertz CT molecular complexity index is 1710. The predicted octanol–water partition coefficient (Wildman–Crippen LogP) is 10.1. The summed E-state index contributed by atoms with van der Waals surface area (Å²) >= 11 is 0. The summed E-state index contributed by atoms with van der Waals surface area (Å²) in [5, 5.41) is 0. The molecule has 4 fully saturated rings. The maximum atomic E-state index is 14.6. The molecule has 2 nitrogen and oxygen atoms in total. The van der Waals surface area contributed by atoms with Crippen LogP contribution in [0.15, 0.2) is 135 Å². The van der Waals surface area contributed by atoms with Crippen molar-refractivity contribution in [3.63, 3.8) is 0 Å². The number of benzene rings is 4. The van der Waals surface area contributed by atoms with Crippen molar-refractivity contribution in [2.75, 3.05) is 11.5 Å². The van der Waals surface area contributed by atoms with E-state index < -0.39 is 0 Å². The van der Waals surface area contributed by atoms with E-state index in [0.29, 0.717) is 40.8 Å². The van der Waals surface area contributed by atoms with E-state index in [0.717, 1.165) is 32.1 Å². The lowest BCUT2D eigenvalue weighted by Gasteiger charge is -2.40. The van der Waals surface area contributed by atoms with Gasteiger partial charge >= 0.3 is 0 Å². The summed E-state index contributed by atoms with van der Waals surface area (Å²) in [6, 6.07) is 41.5. The minimum Gasteiger partial charge on any atom is -0.294 e. The summed E-state index contributed by atoms with van der Waals surface area (Å²) in [6.45, 7) is 2.40. The number of hydrogen-bond acceptors (Lipinski definition) is 2. The summed E-state index contributed by atoms with van der Waals surface area (Å²) in [7, 11) is -0.522. The Morgan fingerprint density at radius 1 is 0.646 bits per heavy atom. The molecule has 4 aromatic carbocycles. The van der Waals surface area contributed by atoms with E-state index in [2.05, 4.69) is 122 Å². The fraction of sp³-hybridized carbons (Fsp3) is 0.409. The van der Waals surface area contributed by atoms with Crippen LogP contribution in [0, 0.1) is 28.6 Å². The zero-order chi connectivity index (χ0) is 32.7. The fourth-order valence-electron chi connectivity index (χ4n) is 10.2. The van der Waals surface area contributed by atoms with Crippen molar-refractivity contribution in [2.24, 2.45) is 28.6 Å². The third-order valence-corrected chi connectivity index (χ3v) is 16.7. The van der Waals surface area contributed by atoms with Crippen molar-refractivity contribution in [3.05, 3.63) is 121 Å².